The molecular weight excluding hydrogens is 326 g/mol. The molecule has 2 N–H and O–H groups in total. The second-order valence-corrected chi connectivity index (χ2v) is 7.25. The summed E-state index contributed by atoms with van der Waals surface area (Å²) in [6, 6.07) is 7.65. The van der Waals surface area contributed by atoms with Crippen LogP contribution in [0, 0.1) is 0 Å². The van der Waals surface area contributed by atoms with E-state index in [0.29, 0.717) is 6.04 Å². The normalized spacial score (nSPS) is 20.3. The molecule has 0 amide bonds. The Hall–Kier alpha value is -0.580. The summed E-state index contributed by atoms with van der Waals surface area (Å²) in [5.41, 5.74) is 8.72. The van der Waals surface area contributed by atoms with Gasteiger partial charge in [0.05, 0.1) is 0 Å². The summed E-state index contributed by atoms with van der Waals surface area (Å²) >= 11 is 3.73. The Bertz CT molecular complexity index is 461. The van der Waals surface area contributed by atoms with Crippen molar-refractivity contribution in [1.29, 1.82) is 0 Å². The van der Waals surface area contributed by atoms with E-state index < -0.39 is 0 Å². The summed E-state index contributed by atoms with van der Waals surface area (Å²) in [5.74, 6) is 0. The zero-order valence-electron chi connectivity index (χ0n) is 13.5. The molecule has 0 aromatic heterocycles. The van der Waals surface area contributed by atoms with Crippen LogP contribution in [0.15, 0.2) is 22.7 Å². The molecule has 1 heterocycles. The molecule has 2 unspecified atom stereocenters. The quantitative estimate of drug-likeness (QED) is 0.851. The van der Waals surface area contributed by atoms with Crippen LogP contribution in [0.4, 0.5) is 5.69 Å². The third-order valence-corrected chi connectivity index (χ3v) is 5.07. The predicted octanol–water partition coefficient (Wildman–Crippen LogP) is 3.26. The number of benzene rings is 1. The fraction of sp³-hybridized carbons (Fsp3) is 0.647. The summed E-state index contributed by atoms with van der Waals surface area (Å²) in [6.45, 7) is 4.43. The second-order valence-electron chi connectivity index (χ2n) is 6.40. The molecule has 4 heteroatoms. The minimum atomic E-state index is 0.250. The summed E-state index contributed by atoms with van der Waals surface area (Å²) in [6.07, 6.45) is 4.54. The van der Waals surface area contributed by atoms with E-state index in [-0.39, 0.29) is 6.04 Å². The highest BCUT2D eigenvalue weighted by atomic mass is 79.9. The number of hydrogen-bond acceptors (Lipinski definition) is 3. The van der Waals surface area contributed by atoms with Gasteiger partial charge < -0.3 is 15.5 Å². The Kier molecular flexibility index (Phi) is 6.08. The first-order valence-corrected chi connectivity index (χ1v) is 8.76. The first-order valence-electron chi connectivity index (χ1n) is 7.96. The van der Waals surface area contributed by atoms with Crippen molar-refractivity contribution in [3.8, 4) is 0 Å². The van der Waals surface area contributed by atoms with Gasteiger partial charge in [0.15, 0.2) is 0 Å². The Labute approximate surface area is 137 Å². The topological polar surface area (TPSA) is 32.5 Å². The molecule has 0 saturated carbocycles. The minimum absolute atomic E-state index is 0.250. The lowest BCUT2D eigenvalue weighted by molar-refractivity contribution is 0.372. The van der Waals surface area contributed by atoms with Gasteiger partial charge in [-0.25, -0.2) is 0 Å². The van der Waals surface area contributed by atoms with Gasteiger partial charge in [-0.2, -0.15) is 0 Å². The highest BCUT2D eigenvalue weighted by molar-refractivity contribution is 9.10. The van der Waals surface area contributed by atoms with Gasteiger partial charge in [-0.3, -0.25) is 0 Å². The van der Waals surface area contributed by atoms with Gasteiger partial charge in [0, 0.05) is 35.3 Å². The monoisotopic (exact) mass is 353 g/mol. The van der Waals surface area contributed by atoms with E-state index in [0.717, 1.165) is 19.4 Å². The van der Waals surface area contributed by atoms with Crippen molar-refractivity contribution in [2.45, 2.75) is 44.7 Å². The first-order chi connectivity index (χ1) is 10.0. The molecule has 1 aromatic carbocycles. The van der Waals surface area contributed by atoms with Gasteiger partial charge in [0.2, 0.25) is 0 Å². The molecule has 1 aromatic rings. The van der Waals surface area contributed by atoms with Gasteiger partial charge in [-0.05, 0) is 57.5 Å². The molecule has 3 nitrogen and oxygen atoms in total. The average molecular weight is 354 g/mol. The molecule has 1 saturated heterocycles. The van der Waals surface area contributed by atoms with Crippen LogP contribution in [0.3, 0.4) is 0 Å². The van der Waals surface area contributed by atoms with Crippen LogP contribution in [0.5, 0.6) is 0 Å². The van der Waals surface area contributed by atoms with Crippen LogP contribution in [-0.2, 0) is 6.42 Å². The fourth-order valence-corrected chi connectivity index (χ4v) is 3.62. The van der Waals surface area contributed by atoms with E-state index >= 15 is 0 Å². The van der Waals surface area contributed by atoms with Gasteiger partial charge in [0.1, 0.15) is 0 Å². The summed E-state index contributed by atoms with van der Waals surface area (Å²) in [7, 11) is 4.31. The summed E-state index contributed by atoms with van der Waals surface area (Å²) in [5, 5.41) is 0. The Morgan fingerprint density at radius 1 is 1.43 bits per heavy atom. The average Bonchev–Trinajstić information content (AvgIpc) is 2.88. The summed E-state index contributed by atoms with van der Waals surface area (Å²) in [4.78, 5) is 4.83. The largest absolute Gasteiger partial charge is 0.367 e. The van der Waals surface area contributed by atoms with E-state index in [1.807, 2.05) is 0 Å². The minimum Gasteiger partial charge on any atom is -0.367 e. The molecule has 118 valence electrons. The van der Waals surface area contributed by atoms with Crippen molar-refractivity contribution in [3.05, 3.63) is 28.2 Å². The van der Waals surface area contributed by atoms with E-state index in [1.54, 1.807) is 0 Å². The van der Waals surface area contributed by atoms with Crippen LogP contribution in [0.1, 0.15) is 31.7 Å². The number of nitrogens with zero attached hydrogens (tertiary/aromatic N) is 2. The van der Waals surface area contributed by atoms with Crippen LogP contribution < -0.4 is 10.6 Å². The molecule has 1 aliphatic rings. The van der Waals surface area contributed by atoms with Gasteiger partial charge >= 0.3 is 0 Å². The Morgan fingerprint density at radius 2 is 2.19 bits per heavy atom. The molecule has 2 atom stereocenters. The highest BCUT2D eigenvalue weighted by Gasteiger charge is 2.25. The van der Waals surface area contributed by atoms with Crippen molar-refractivity contribution in [2.75, 3.05) is 32.1 Å². The molecule has 1 fully saturated rings. The second kappa shape index (κ2) is 7.61. The zero-order valence-corrected chi connectivity index (χ0v) is 15.1. The maximum absolute atomic E-state index is 6.07. The lowest BCUT2D eigenvalue weighted by Crippen LogP contribution is -2.37. The lowest BCUT2D eigenvalue weighted by atomic mass is 10.0. The smallest absolute Gasteiger partial charge is 0.0417 e. The third kappa shape index (κ3) is 4.44. The number of nitrogens with two attached hydrogens (primary N) is 1. The van der Waals surface area contributed by atoms with Crippen molar-refractivity contribution in [2.24, 2.45) is 5.73 Å². The predicted molar refractivity (Wildman–Crippen MR) is 95.0 cm³/mol. The van der Waals surface area contributed by atoms with Crippen molar-refractivity contribution < 1.29 is 0 Å². The molecular formula is C17H28BrN3. The molecule has 0 radical (unpaired) electrons. The van der Waals surface area contributed by atoms with Gasteiger partial charge in [0.25, 0.3) is 0 Å². The summed E-state index contributed by atoms with van der Waals surface area (Å²) < 4.78 is 1.19. The lowest BCUT2D eigenvalue weighted by Gasteiger charge is -2.29. The molecule has 0 spiro atoms. The highest BCUT2D eigenvalue weighted by Crippen LogP contribution is 2.30. The van der Waals surface area contributed by atoms with Crippen LogP contribution in [-0.4, -0.2) is 44.2 Å². The van der Waals surface area contributed by atoms with E-state index in [1.165, 1.54) is 35.1 Å². The zero-order chi connectivity index (χ0) is 15.4. The van der Waals surface area contributed by atoms with Crippen molar-refractivity contribution in [3.63, 3.8) is 0 Å². The van der Waals surface area contributed by atoms with E-state index in [9.17, 15) is 0 Å². The number of rotatable bonds is 6. The van der Waals surface area contributed by atoms with Gasteiger partial charge in [-0.15, -0.1) is 0 Å². The molecule has 1 aliphatic heterocycles. The first kappa shape index (κ1) is 16.8. The molecule has 21 heavy (non-hydrogen) atoms. The van der Waals surface area contributed by atoms with E-state index in [4.69, 9.17) is 5.73 Å². The van der Waals surface area contributed by atoms with Crippen LogP contribution >= 0.6 is 15.9 Å². The number of halogens is 1. The number of anilines is 1. The Morgan fingerprint density at radius 3 is 2.81 bits per heavy atom. The van der Waals surface area contributed by atoms with Crippen LogP contribution in [0.2, 0.25) is 0 Å². The van der Waals surface area contributed by atoms with Crippen molar-refractivity contribution in [1.82, 2.24) is 4.90 Å². The number of hydrogen-bond donors (Lipinski definition) is 1. The number of likely N-dealkylation sites (N-methyl/N-ethyl adjacent to an activating group) is 1. The van der Waals surface area contributed by atoms with E-state index in [2.05, 4.69) is 64.9 Å². The van der Waals surface area contributed by atoms with Crippen LogP contribution in [0.25, 0.3) is 0 Å². The van der Waals surface area contributed by atoms with Crippen molar-refractivity contribution >= 4 is 21.6 Å². The maximum Gasteiger partial charge on any atom is 0.0417 e. The third-order valence-electron chi connectivity index (χ3n) is 4.33. The molecule has 0 bridgehead atoms. The fourth-order valence-electron chi connectivity index (χ4n) is 3.09. The maximum atomic E-state index is 6.07. The molecule has 2 rings (SSSR count). The Balaban J connectivity index is 2.11. The van der Waals surface area contributed by atoms with Gasteiger partial charge in [-0.1, -0.05) is 28.9 Å². The standard InChI is InChI=1S/C17H28BrN3/c1-4-14(19)10-13-7-8-15(11-17(13)18)21-9-5-6-16(21)12-20(2)3/h7-8,11,14,16H,4-6,9-10,12,19H2,1-3H3. The molecule has 0 aliphatic carbocycles. The SMILES string of the molecule is CCC(N)Cc1ccc(N2CCCC2CN(C)C)cc1Br.